The molecule has 0 aliphatic carbocycles. The zero-order chi connectivity index (χ0) is 21.8. The van der Waals surface area contributed by atoms with Crippen LogP contribution in [0.2, 0.25) is 0 Å². The highest BCUT2D eigenvalue weighted by Crippen LogP contribution is 2.27. The van der Waals surface area contributed by atoms with E-state index in [1.165, 1.54) is 6.07 Å². The zero-order valence-corrected chi connectivity index (χ0v) is 17.3. The van der Waals surface area contributed by atoms with Crippen LogP contribution < -0.4 is 15.7 Å². The minimum Gasteiger partial charge on any atom is -0.872 e. The van der Waals surface area contributed by atoms with Crippen LogP contribution in [0.15, 0.2) is 72.8 Å². The Morgan fingerprint density at radius 2 is 1.65 bits per heavy atom. The van der Waals surface area contributed by atoms with E-state index >= 15 is 0 Å². The summed E-state index contributed by atoms with van der Waals surface area (Å²) in [4.78, 5) is 25.3. The second-order valence-electron chi connectivity index (χ2n) is 7.50. The molecule has 0 atom stereocenters. The van der Waals surface area contributed by atoms with Crippen molar-refractivity contribution in [1.82, 2.24) is 5.32 Å². The Balaban J connectivity index is 1.64. The van der Waals surface area contributed by atoms with Crippen molar-refractivity contribution in [3.05, 3.63) is 83.9 Å². The quantitative estimate of drug-likeness (QED) is 0.445. The lowest BCUT2D eigenvalue weighted by Crippen LogP contribution is -2.24. The molecular weight excluding hydrogens is 388 g/mol. The second-order valence-corrected chi connectivity index (χ2v) is 7.50. The molecule has 0 spiro atoms. The van der Waals surface area contributed by atoms with E-state index in [0.717, 1.165) is 23.6 Å². The van der Waals surface area contributed by atoms with Crippen LogP contribution in [0.5, 0.6) is 5.75 Å². The number of unbranched alkanes of at least 4 members (excludes halogenated alkanes) is 1. The summed E-state index contributed by atoms with van der Waals surface area (Å²) in [6.07, 6.45) is 1.91. The summed E-state index contributed by atoms with van der Waals surface area (Å²) in [5.41, 5.74) is 1.19. The van der Waals surface area contributed by atoms with Gasteiger partial charge in [0.05, 0.1) is 0 Å². The number of benzene rings is 4. The summed E-state index contributed by atoms with van der Waals surface area (Å²) < 4.78 is 0. The molecule has 0 bridgehead atoms. The minimum absolute atomic E-state index is 0.0453. The summed E-state index contributed by atoms with van der Waals surface area (Å²) in [6.45, 7) is 2.68. The number of rotatable bonds is 6. The van der Waals surface area contributed by atoms with Crippen LogP contribution in [-0.2, 0) is 0 Å². The Hall–Kier alpha value is -3.86. The van der Waals surface area contributed by atoms with Crippen molar-refractivity contribution in [2.24, 2.45) is 0 Å². The van der Waals surface area contributed by atoms with E-state index < -0.39 is 5.91 Å². The molecule has 2 N–H and O–H groups in total. The average molecular weight is 411 g/mol. The monoisotopic (exact) mass is 411 g/mol. The van der Waals surface area contributed by atoms with E-state index in [1.807, 2.05) is 42.5 Å². The van der Waals surface area contributed by atoms with Crippen molar-refractivity contribution < 1.29 is 14.7 Å². The molecule has 4 rings (SSSR count). The fourth-order valence-electron chi connectivity index (χ4n) is 3.60. The van der Waals surface area contributed by atoms with Gasteiger partial charge in [-0.05, 0) is 46.8 Å². The molecule has 4 aromatic carbocycles. The topological polar surface area (TPSA) is 81.3 Å². The molecule has 5 nitrogen and oxygen atoms in total. The van der Waals surface area contributed by atoms with Crippen LogP contribution in [0.1, 0.15) is 40.5 Å². The lowest BCUT2D eigenvalue weighted by Gasteiger charge is -2.16. The van der Waals surface area contributed by atoms with Gasteiger partial charge in [-0.1, -0.05) is 67.6 Å². The predicted octanol–water partition coefficient (Wildman–Crippen LogP) is 4.85. The van der Waals surface area contributed by atoms with E-state index in [-0.39, 0.29) is 17.2 Å². The number of hydrogen-bond acceptors (Lipinski definition) is 3. The lowest BCUT2D eigenvalue weighted by atomic mass is 10.0. The van der Waals surface area contributed by atoms with Crippen molar-refractivity contribution in [3.63, 3.8) is 0 Å². The Morgan fingerprint density at radius 1 is 0.839 bits per heavy atom. The summed E-state index contributed by atoms with van der Waals surface area (Å²) in [5, 5.41) is 21.6. The maximum Gasteiger partial charge on any atom is 0.255 e. The number of anilines is 1. The van der Waals surface area contributed by atoms with E-state index in [4.69, 9.17) is 0 Å². The van der Waals surface area contributed by atoms with E-state index in [1.54, 1.807) is 24.3 Å². The van der Waals surface area contributed by atoms with Crippen molar-refractivity contribution >= 4 is 39.0 Å². The van der Waals surface area contributed by atoms with Crippen LogP contribution in [0.4, 0.5) is 5.69 Å². The third-order valence-electron chi connectivity index (χ3n) is 5.30. The molecule has 0 saturated heterocycles. The Labute approximate surface area is 180 Å². The molecule has 2 amide bonds. The number of carbonyl (C=O) groups is 2. The zero-order valence-electron chi connectivity index (χ0n) is 17.3. The standard InChI is InChI=1S/C26H24N2O3/c1-2-3-13-27-25(30)19-12-11-18-16-24(29)22(15-20(18)14-19)26(31)28-23-10-6-8-17-7-4-5-9-21(17)23/h4-12,14-16,29H,2-3,13H2,1H3,(H,27,30)(H,28,31)/p-1. The van der Waals surface area contributed by atoms with Gasteiger partial charge >= 0.3 is 0 Å². The predicted molar refractivity (Wildman–Crippen MR) is 123 cm³/mol. The van der Waals surface area contributed by atoms with Crippen LogP contribution in [0, 0.1) is 0 Å². The number of nitrogens with one attached hydrogen (secondary N) is 2. The van der Waals surface area contributed by atoms with Crippen molar-refractivity contribution in [2.45, 2.75) is 19.8 Å². The summed E-state index contributed by atoms with van der Waals surface area (Å²) in [6, 6.07) is 21.5. The van der Waals surface area contributed by atoms with Crippen molar-refractivity contribution in [3.8, 4) is 5.75 Å². The molecule has 0 saturated carbocycles. The highest BCUT2D eigenvalue weighted by atomic mass is 16.3. The summed E-state index contributed by atoms with van der Waals surface area (Å²) in [7, 11) is 0. The number of amides is 2. The van der Waals surface area contributed by atoms with Crippen LogP contribution in [-0.4, -0.2) is 18.4 Å². The summed E-state index contributed by atoms with van der Waals surface area (Å²) in [5.74, 6) is -0.991. The van der Waals surface area contributed by atoms with Gasteiger partial charge in [0.25, 0.3) is 11.8 Å². The van der Waals surface area contributed by atoms with Gasteiger partial charge in [-0.25, -0.2) is 0 Å². The molecule has 4 aromatic rings. The highest BCUT2D eigenvalue weighted by molar-refractivity contribution is 6.12. The normalized spacial score (nSPS) is 10.9. The first-order valence-corrected chi connectivity index (χ1v) is 10.4. The SMILES string of the molecule is CCCCNC(=O)c1ccc2cc([O-])c(C(=O)Nc3cccc4ccccc34)cc2c1. The number of carbonyl (C=O) groups excluding carboxylic acids is 2. The highest BCUT2D eigenvalue weighted by Gasteiger charge is 2.12. The maximum atomic E-state index is 12.9. The molecule has 156 valence electrons. The van der Waals surface area contributed by atoms with Gasteiger partial charge in [0.2, 0.25) is 0 Å². The smallest absolute Gasteiger partial charge is 0.255 e. The van der Waals surface area contributed by atoms with Crippen LogP contribution >= 0.6 is 0 Å². The number of hydrogen-bond donors (Lipinski definition) is 2. The molecule has 0 radical (unpaired) electrons. The third kappa shape index (κ3) is 4.36. The largest absolute Gasteiger partial charge is 0.872 e. The lowest BCUT2D eigenvalue weighted by molar-refractivity contribution is -0.268. The second kappa shape index (κ2) is 8.88. The fraction of sp³-hybridized carbons (Fsp3) is 0.154. The Morgan fingerprint density at radius 3 is 2.48 bits per heavy atom. The Bertz CT molecular complexity index is 1280. The first-order chi connectivity index (χ1) is 15.1. The van der Waals surface area contributed by atoms with E-state index in [0.29, 0.717) is 28.6 Å². The Kier molecular flexibility index (Phi) is 5.85. The van der Waals surface area contributed by atoms with Gasteiger partial charge in [-0.2, -0.15) is 0 Å². The van der Waals surface area contributed by atoms with Crippen molar-refractivity contribution in [1.29, 1.82) is 0 Å². The van der Waals surface area contributed by atoms with Gasteiger partial charge in [-0.3, -0.25) is 9.59 Å². The molecule has 0 heterocycles. The van der Waals surface area contributed by atoms with Gasteiger partial charge in [0, 0.05) is 28.7 Å². The average Bonchev–Trinajstić information content (AvgIpc) is 2.78. The summed E-state index contributed by atoms with van der Waals surface area (Å²) >= 11 is 0. The van der Waals surface area contributed by atoms with Gasteiger partial charge < -0.3 is 15.7 Å². The molecule has 0 aliphatic rings. The molecule has 0 aliphatic heterocycles. The molecule has 0 fully saturated rings. The van der Waals surface area contributed by atoms with Gasteiger partial charge in [0.15, 0.2) is 0 Å². The van der Waals surface area contributed by atoms with Crippen LogP contribution in [0.3, 0.4) is 0 Å². The fourth-order valence-corrected chi connectivity index (χ4v) is 3.60. The first kappa shape index (κ1) is 20.4. The first-order valence-electron chi connectivity index (χ1n) is 10.4. The molecule has 0 aromatic heterocycles. The molecule has 31 heavy (non-hydrogen) atoms. The minimum atomic E-state index is -0.471. The van der Waals surface area contributed by atoms with E-state index in [9.17, 15) is 14.7 Å². The van der Waals surface area contributed by atoms with Gasteiger partial charge in [0.1, 0.15) is 0 Å². The van der Waals surface area contributed by atoms with Crippen molar-refractivity contribution in [2.75, 3.05) is 11.9 Å². The van der Waals surface area contributed by atoms with Gasteiger partial charge in [-0.15, -0.1) is 0 Å². The molecule has 5 heteroatoms. The van der Waals surface area contributed by atoms with Crippen LogP contribution in [0.25, 0.3) is 21.5 Å². The molecular formula is C26H23N2O3-. The van der Waals surface area contributed by atoms with E-state index in [2.05, 4.69) is 17.6 Å². The number of fused-ring (bicyclic) bond motifs is 2. The molecule has 0 unspecified atom stereocenters. The maximum absolute atomic E-state index is 12.9. The third-order valence-corrected chi connectivity index (χ3v) is 5.30.